The molecule has 3 aromatic rings. The van der Waals surface area contributed by atoms with Gasteiger partial charge in [0.2, 0.25) is 0 Å². The number of aryl methyl sites for hydroxylation is 1. The second kappa shape index (κ2) is 9.07. The molecule has 152 valence electrons. The molecular weight excluding hydrogens is 374 g/mol. The van der Waals surface area contributed by atoms with Gasteiger partial charge in [0.15, 0.2) is 0 Å². The lowest BCUT2D eigenvalue weighted by Crippen LogP contribution is -2.44. The van der Waals surface area contributed by atoms with Gasteiger partial charge in [-0.1, -0.05) is 42.0 Å². The van der Waals surface area contributed by atoms with E-state index >= 15 is 0 Å². The van der Waals surface area contributed by atoms with Crippen molar-refractivity contribution >= 4 is 0 Å². The minimum absolute atomic E-state index is 0.00682. The first kappa shape index (κ1) is 20.8. The second-order valence-electron chi connectivity index (χ2n) is 7.19. The summed E-state index contributed by atoms with van der Waals surface area (Å²) in [6, 6.07) is 11.3. The number of hydrogen-bond donors (Lipinski definition) is 1. The lowest BCUT2D eigenvalue weighted by molar-refractivity contribution is -0.0210. The Kier molecular flexibility index (Phi) is 6.51. The Balaban J connectivity index is 1.92. The standard InChI is InChI=1S/C22H24F2N4O/c1-3-10-27(12-18-6-4-17(2)5-7-18)13-22(29,14-28-16-25-15-26-28)20-9-8-19(23)11-21(20)24/h3-9,11,15-16,29H,1,10,12-14H2,2H3/t22-/m1/s1. The molecule has 0 amide bonds. The summed E-state index contributed by atoms with van der Waals surface area (Å²) in [5.74, 6) is -1.50. The van der Waals surface area contributed by atoms with Crippen LogP contribution in [0.1, 0.15) is 16.7 Å². The summed E-state index contributed by atoms with van der Waals surface area (Å²) in [5, 5.41) is 15.5. The maximum absolute atomic E-state index is 14.6. The molecular formula is C22H24F2N4O. The molecule has 0 aliphatic rings. The third kappa shape index (κ3) is 5.34. The number of rotatable bonds is 9. The number of hydrogen-bond acceptors (Lipinski definition) is 4. The van der Waals surface area contributed by atoms with Crippen LogP contribution in [0.25, 0.3) is 0 Å². The molecule has 1 heterocycles. The molecule has 7 heteroatoms. The van der Waals surface area contributed by atoms with Crippen LogP contribution < -0.4 is 0 Å². The molecule has 1 atom stereocenters. The second-order valence-corrected chi connectivity index (χ2v) is 7.19. The zero-order chi connectivity index (χ0) is 20.9. The molecule has 0 saturated carbocycles. The lowest BCUT2D eigenvalue weighted by Gasteiger charge is -2.34. The van der Waals surface area contributed by atoms with Gasteiger partial charge in [-0.15, -0.1) is 6.58 Å². The summed E-state index contributed by atoms with van der Waals surface area (Å²) in [6.07, 6.45) is 4.52. The predicted octanol–water partition coefficient (Wildman–Crippen LogP) is 3.44. The SMILES string of the molecule is C=CCN(Cc1ccc(C)cc1)C[C@@](O)(Cn1cncn1)c1ccc(F)cc1F. The van der Waals surface area contributed by atoms with Crippen LogP contribution in [0.5, 0.6) is 0 Å². The van der Waals surface area contributed by atoms with E-state index in [1.165, 1.54) is 23.4 Å². The molecule has 0 fully saturated rings. The molecule has 0 radical (unpaired) electrons. The fourth-order valence-corrected chi connectivity index (χ4v) is 3.36. The van der Waals surface area contributed by atoms with E-state index in [4.69, 9.17) is 0 Å². The molecule has 29 heavy (non-hydrogen) atoms. The summed E-state index contributed by atoms with van der Waals surface area (Å²) >= 11 is 0. The van der Waals surface area contributed by atoms with Crippen LogP contribution in [0, 0.1) is 18.6 Å². The monoisotopic (exact) mass is 398 g/mol. The Bertz CT molecular complexity index is 944. The van der Waals surface area contributed by atoms with Gasteiger partial charge in [0.05, 0.1) is 6.54 Å². The number of aliphatic hydroxyl groups is 1. The summed E-state index contributed by atoms with van der Waals surface area (Å²) in [7, 11) is 0. The average molecular weight is 398 g/mol. The van der Waals surface area contributed by atoms with E-state index < -0.39 is 17.2 Å². The largest absolute Gasteiger partial charge is 0.382 e. The molecule has 3 rings (SSSR count). The minimum Gasteiger partial charge on any atom is -0.382 e. The highest BCUT2D eigenvalue weighted by molar-refractivity contribution is 5.26. The molecule has 5 nitrogen and oxygen atoms in total. The van der Waals surface area contributed by atoms with Crippen LogP contribution in [0.15, 0.2) is 67.8 Å². The van der Waals surface area contributed by atoms with Crippen molar-refractivity contribution in [2.24, 2.45) is 0 Å². The average Bonchev–Trinajstić information content (AvgIpc) is 3.16. The van der Waals surface area contributed by atoms with Gasteiger partial charge < -0.3 is 5.11 Å². The van der Waals surface area contributed by atoms with Crippen LogP contribution in [-0.2, 0) is 18.7 Å². The Morgan fingerprint density at radius 2 is 1.97 bits per heavy atom. The zero-order valence-corrected chi connectivity index (χ0v) is 16.3. The smallest absolute Gasteiger partial charge is 0.137 e. The van der Waals surface area contributed by atoms with Gasteiger partial charge >= 0.3 is 0 Å². The Morgan fingerprint density at radius 1 is 1.21 bits per heavy atom. The van der Waals surface area contributed by atoms with Crippen molar-refractivity contribution in [1.29, 1.82) is 0 Å². The normalized spacial score (nSPS) is 13.4. The molecule has 0 saturated heterocycles. The first-order chi connectivity index (χ1) is 13.9. The van der Waals surface area contributed by atoms with E-state index in [-0.39, 0.29) is 18.7 Å². The predicted molar refractivity (Wildman–Crippen MR) is 107 cm³/mol. The van der Waals surface area contributed by atoms with E-state index in [0.29, 0.717) is 13.1 Å². The molecule has 0 bridgehead atoms. The van der Waals surface area contributed by atoms with Crippen molar-refractivity contribution in [2.75, 3.05) is 13.1 Å². The van der Waals surface area contributed by atoms with Crippen LogP contribution in [0.2, 0.25) is 0 Å². The van der Waals surface area contributed by atoms with E-state index in [1.807, 2.05) is 36.1 Å². The third-order valence-corrected chi connectivity index (χ3v) is 4.72. The van der Waals surface area contributed by atoms with Gasteiger partial charge in [-0.3, -0.25) is 4.90 Å². The summed E-state index contributed by atoms with van der Waals surface area (Å²) in [4.78, 5) is 5.84. The van der Waals surface area contributed by atoms with Crippen LogP contribution in [0.4, 0.5) is 8.78 Å². The van der Waals surface area contributed by atoms with Crippen molar-refractivity contribution in [2.45, 2.75) is 25.6 Å². The highest BCUT2D eigenvalue weighted by atomic mass is 19.1. The summed E-state index contributed by atoms with van der Waals surface area (Å²) in [6.45, 7) is 6.88. The van der Waals surface area contributed by atoms with Gasteiger partial charge in [-0.2, -0.15) is 5.10 Å². The topological polar surface area (TPSA) is 54.2 Å². The van der Waals surface area contributed by atoms with Crippen molar-refractivity contribution in [1.82, 2.24) is 19.7 Å². The van der Waals surface area contributed by atoms with Gasteiger partial charge in [-0.25, -0.2) is 18.4 Å². The van der Waals surface area contributed by atoms with E-state index in [1.54, 1.807) is 6.08 Å². The highest BCUT2D eigenvalue weighted by Crippen LogP contribution is 2.28. The Labute approximate surface area is 168 Å². The van der Waals surface area contributed by atoms with E-state index in [9.17, 15) is 13.9 Å². The van der Waals surface area contributed by atoms with Crippen LogP contribution >= 0.6 is 0 Å². The van der Waals surface area contributed by atoms with E-state index in [2.05, 4.69) is 16.7 Å². The molecule has 1 aromatic heterocycles. The summed E-state index contributed by atoms with van der Waals surface area (Å²) < 4.78 is 29.5. The number of halogens is 2. The van der Waals surface area contributed by atoms with Crippen molar-refractivity contribution < 1.29 is 13.9 Å². The molecule has 2 aromatic carbocycles. The van der Waals surface area contributed by atoms with Crippen LogP contribution in [-0.4, -0.2) is 37.9 Å². The maximum atomic E-state index is 14.6. The van der Waals surface area contributed by atoms with Gasteiger partial charge in [-0.05, 0) is 18.6 Å². The minimum atomic E-state index is -1.65. The number of benzene rings is 2. The maximum Gasteiger partial charge on any atom is 0.137 e. The van der Waals surface area contributed by atoms with E-state index in [0.717, 1.165) is 23.3 Å². The van der Waals surface area contributed by atoms with Crippen molar-refractivity contribution in [3.05, 3.63) is 96.1 Å². The molecule has 0 aliphatic carbocycles. The van der Waals surface area contributed by atoms with Crippen LogP contribution in [0.3, 0.4) is 0 Å². The fourth-order valence-electron chi connectivity index (χ4n) is 3.36. The Morgan fingerprint density at radius 3 is 2.59 bits per heavy atom. The molecule has 1 N–H and O–H groups in total. The quantitative estimate of drug-likeness (QED) is 0.561. The fraction of sp³-hybridized carbons (Fsp3) is 0.273. The van der Waals surface area contributed by atoms with Crippen molar-refractivity contribution in [3.8, 4) is 0 Å². The third-order valence-electron chi connectivity index (χ3n) is 4.72. The van der Waals surface area contributed by atoms with Gasteiger partial charge in [0.25, 0.3) is 0 Å². The number of aromatic nitrogens is 3. The summed E-state index contributed by atoms with van der Waals surface area (Å²) in [5.41, 5.74) is 0.562. The lowest BCUT2D eigenvalue weighted by atomic mass is 9.92. The zero-order valence-electron chi connectivity index (χ0n) is 16.3. The van der Waals surface area contributed by atoms with Crippen molar-refractivity contribution in [3.63, 3.8) is 0 Å². The highest BCUT2D eigenvalue weighted by Gasteiger charge is 2.35. The first-order valence-corrected chi connectivity index (χ1v) is 9.29. The molecule has 0 unspecified atom stereocenters. The van der Waals surface area contributed by atoms with Gasteiger partial charge in [0, 0.05) is 31.3 Å². The Hall–Kier alpha value is -2.90. The molecule has 0 aliphatic heterocycles. The van der Waals surface area contributed by atoms with Gasteiger partial charge in [0.1, 0.15) is 29.9 Å². The first-order valence-electron chi connectivity index (χ1n) is 9.29. The molecule has 0 spiro atoms. The number of nitrogens with zero attached hydrogens (tertiary/aromatic N) is 4.